The summed E-state index contributed by atoms with van der Waals surface area (Å²) >= 11 is 0. The lowest BCUT2D eigenvalue weighted by Crippen LogP contribution is -2.52. The highest BCUT2D eigenvalue weighted by Gasteiger charge is 2.34. The lowest BCUT2D eigenvalue weighted by Gasteiger charge is -2.35. The average molecular weight is 324 g/mol. The van der Waals surface area contributed by atoms with Gasteiger partial charge in [0.1, 0.15) is 11.8 Å². The van der Waals surface area contributed by atoms with Gasteiger partial charge in [-0.2, -0.15) is 0 Å². The van der Waals surface area contributed by atoms with E-state index in [1.165, 1.54) is 0 Å². The molecule has 24 heavy (non-hydrogen) atoms. The van der Waals surface area contributed by atoms with E-state index < -0.39 is 6.04 Å². The van der Waals surface area contributed by atoms with Crippen molar-refractivity contribution >= 4 is 11.8 Å². The third-order valence-corrected chi connectivity index (χ3v) is 4.15. The minimum Gasteiger partial charge on any atom is -0.497 e. The van der Waals surface area contributed by atoms with Gasteiger partial charge in [0.15, 0.2) is 0 Å². The fourth-order valence-electron chi connectivity index (χ4n) is 2.98. The van der Waals surface area contributed by atoms with Crippen LogP contribution in [0, 0.1) is 6.92 Å². The Kier molecular flexibility index (Phi) is 4.51. The van der Waals surface area contributed by atoms with E-state index in [0.717, 1.165) is 11.1 Å². The van der Waals surface area contributed by atoms with E-state index in [9.17, 15) is 9.59 Å². The molecular weight excluding hydrogens is 304 g/mol. The molecular formula is C19H20N2O3. The molecule has 1 fully saturated rings. The predicted molar refractivity (Wildman–Crippen MR) is 91.0 cm³/mol. The minimum absolute atomic E-state index is 0.150. The summed E-state index contributed by atoms with van der Waals surface area (Å²) in [6, 6.07) is 14.1. The summed E-state index contributed by atoms with van der Waals surface area (Å²) in [5.74, 6) is 0.299. The molecule has 1 aliphatic heterocycles. The smallest absolute Gasteiger partial charge is 0.255 e. The van der Waals surface area contributed by atoms with Crippen molar-refractivity contribution in [3.8, 4) is 5.75 Å². The molecule has 0 aromatic heterocycles. The van der Waals surface area contributed by atoms with Gasteiger partial charge in [0.2, 0.25) is 5.91 Å². The number of piperazine rings is 1. The Morgan fingerprint density at radius 3 is 2.75 bits per heavy atom. The summed E-state index contributed by atoms with van der Waals surface area (Å²) < 4.78 is 5.19. The van der Waals surface area contributed by atoms with Crippen LogP contribution in [0.5, 0.6) is 5.75 Å². The summed E-state index contributed by atoms with van der Waals surface area (Å²) in [5.41, 5.74) is 2.39. The maximum atomic E-state index is 13.0. The first kappa shape index (κ1) is 16.1. The van der Waals surface area contributed by atoms with Gasteiger partial charge in [-0.1, -0.05) is 35.9 Å². The van der Waals surface area contributed by atoms with Gasteiger partial charge >= 0.3 is 0 Å². The fourth-order valence-corrected chi connectivity index (χ4v) is 2.98. The highest BCUT2D eigenvalue weighted by Crippen LogP contribution is 2.26. The number of nitrogens with zero attached hydrogens (tertiary/aromatic N) is 1. The number of benzene rings is 2. The van der Waals surface area contributed by atoms with Gasteiger partial charge in [0.25, 0.3) is 5.91 Å². The number of carbonyl (C=O) groups is 2. The first-order valence-corrected chi connectivity index (χ1v) is 7.89. The van der Waals surface area contributed by atoms with Crippen LogP contribution in [-0.2, 0) is 4.79 Å². The highest BCUT2D eigenvalue weighted by molar-refractivity contribution is 5.98. The molecule has 1 unspecified atom stereocenters. The van der Waals surface area contributed by atoms with E-state index in [1.807, 2.05) is 31.2 Å². The molecule has 1 aliphatic rings. The Bertz CT molecular complexity index is 773. The van der Waals surface area contributed by atoms with Crippen molar-refractivity contribution in [1.82, 2.24) is 10.2 Å². The molecule has 0 saturated carbocycles. The molecule has 0 aliphatic carbocycles. The van der Waals surface area contributed by atoms with Gasteiger partial charge in [0, 0.05) is 18.7 Å². The Labute approximate surface area is 141 Å². The monoisotopic (exact) mass is 324 g/mol. The second kappa shape index (κ2) is 6.74. The van der Waals surface area contributed by atoms with E-state index in [4.69, 9.17) is 4.74 Å². The molecule has 5 nitrogen and oxygen atoms in total. The van der Waals surface area contributed by atoms with Crippen LogP contribution < -0.4 is 10.1 Å². The quantitative estimate of drug-likeness (QED) is 0.942. The maximum absolute atomic E-state index is 13.0. The maximum Gasteiger partial charge on any atom is 0.255 e. The van der Waals surface area contributed by atoms with Gasteiger partial charge in [-0.3, -0.25) is 9.59 Å². The van der Waals surface area contributed by atoms with E-state index in [2.05, 4.69) is 5.32 Å². The SMILES string of the molecule is COc1cccc(C(=O)N2CCNC(=O)C2c2cccc(C)c2)c1. The topological polar surface area (TPSA) is 58.6 Å². The van der Waals surface area contributed by atoms with Gasteiger partial charge in [-0.05, 0) is 30.7 Å². The summed E-state index contributed by atoms with van der Waals surface area (Å²) in [5, 5.41) is 2.85. The van der Waals surface area contributed by atoms with Crippen LogP contribution in [0.4, 0.5) is 0 Å². The lowest BCUT2D eigenvalue weighted by atomic mass is 9.99. The molecule has 1 N–H and O–H groups in total. The molecule has 2 aromatic carbocycles. The van der Waals surface area contributed by atoms with E-state index in [1.54, 1.807) is 36.3 Å². The third kappa shape index (κ3) is 3.11. The summed E-state index contributed by atoms with van der Waals surface area (Å²) in [6.07, 6.45) is 0. The Morgan fingerprint density at radius 2 is 2.00 bits per heavy atom. The zero-order chi connectivity index (χ0) is 17.1. The van der Waals surface area contributed by atoms with Gasteiger partial charge in [-0.15, -0.1) is 0 Å². The summed E-state index contributed by atoms with van der Waals surface area (Å²) in [4.78, 5) is 27.0. The van der Waals surface area contributed by atoms with E-state index in [0.29, 0.717) is 24.4 Å². The van der Waals surface area contributed by atoms with Crippen LogP contribution in [0.25, 0.3) is 0 Å². The molecule has 1 saturated heterocycles. The Balaban J connectivity index is 1.96. The molecule has 0 bridgehead atoms. The van der Waals surface area contributed by atoms with Crippen molar-refractivity contribution < 1.29 is 14.3 Å². The van der Waals surface area contributed by atoms with Crippen molar-refractivity contribution in [1.29, 1.82) is 0 Å². The lowest BCUT2D eigenvalue weighted by molar-refractivity contribution is -0.128. The second-order valence-electron chi connectivity index (χ2n) is 5.84. The molecule has 124 valence electrons. The largest absolute Gasteiger partial charge is 0.497 e. The zero-order valence-corrected chi connectivity index (χ0v) is 13.8. The van der Waals surface area contributed by atoms with Crippen LogP contribution in [-0.4, -0.2) is 36.9 Å². The molecule has 2 aromatic rings. The predicted octanol–water partition coefficient (Wildman–Crippen LogP) is 2.32. The van der Waals surface area contributed by atoms with Gasteiger partial charge in [-0.25, -0.2) is 0 Å². The number of carbonyl (C=O) groups excluding carboxylic acids is 2. The first-order valence-electron chi connectivity index (χ1n) is 7.89. The van der Waals surface area contributed by atoms with Gasteiger partial charge < -0.3 is 15.0 Å². The Morgan fingerprint density at radius 1 is 1.21 bits per heavy atom. The average Bonchev–Trinajstić information content (AvgIpc) is 2.61. The van der Waals surface area contributed by atoms with E-state index in [-0.39, 0.29) is 11.8 Å². The number of hydrogen-bond acceptors (Lipinski definition) is 3. The van der Waals surface area contributed by atoms with Gasteiger partial charge in [0.05, 0.1) is 7.11 Å². The molecule has 0 radical (unpaired) electrons. The van der Waals surface area contributed by atoms with Crippen molar-refractivity contribution in [2.75, 3.05) is 20.2 Å². The van der Waals surface area contributed by atoms with Crippen molar-refractivity contribution in [3.05, 3.63) is 65.2 Å². The molecule has 5 heteroatoms. The number of ether oxygens (including phenoxy) is 1. The van der Waals surface area contributed by atoms with E-state index >= 15 is 0 Å². The van der Waals surface area contributed by atoms with Crippen LogP contribution in [0.1, 0.15) is 27.5 Å². The van der Waals surface area contributed by atoms with Crippen molar-refractivity contribution in [2.24, 2.45) is 0 Å². The molecule has 3 rings (SSSR count). The highest BCUT2D eigenvalue weighted by atomic mass is 16.5. The molecule has 2 amide bonds. The van der Waals surface area contributed by atoms with Crippen LogP contribution in [0.15, 0.2) is 48.5 Å². The van der Waals surface area contributed by atoms with Crippen molar-refractivity contribution in [2.45, 2.75) is 13.0 Å². The fraction of sp³-hybridized carbons (Fsp3) is 0.263. The molecule has 1 atom stereocenters. The zero-order valence-electron chi connectivity index (χ0n) is 13.8. The number of methoxy groups -OCH3 is 1. The second-order valence-corrected chi connectivity index (χ2v) is 5.84. The number of amides is 2. The summed E-state index contributed by atoms with van der Waals surface area (Å²) in [6.45, 7) is 2.90. The number of rotatable bonds is 3. The van der Waals surface area contributed by atoms with Crippen LogP contribution in [0.2, 0.25) is 0 Å². The number of hydrogen-bond donors (Lipinski definition) is 1. The van der Waals surface area contributed by atoms with Crippen molar-refractivity contribution in [3.63, 3.8) is 0 Å². The molecule has 0 spiro atoms. The Hall–Kier alpha value is -2.82. The number of nitrogens with one attached hydrogen (secondary N) is 1. The third-order valence-electron chi connectivity index (χ3n) is 4.15. The first-order chi connectivity index (χ1) is 11.6. The summed E-state index contributed by atoms with van der Waals surface area (Å²) in [7, 11) is 1.56. The normalized spacial score (nSPS) is 17.3. The minimum atomic E-state index is -0.614. The molecule has 1 heterocycles. The standard InChI is InChI=1S/C19H20N2O3/c1-13-5-3-6-14(11-13)17-18(22)20-9-10-21(17)19(23)15-7-4-8-16(12-15)24-2/h3-8,11-12,17H,9-10H2,1-2H3,(H,20,22). The van der Waals surface area contributed by atoms with Crippen LogP contribution in [0.3, 0.4) is 0 Å². The number of aryl methyl sites for hydroxylation is 1. The van der Waals surface area contributed by atoms with Crippen LogP contribution >= 0.6 is 0 Å².